The van der Waals surface area contributed by atoms with Crippen molar-refractivity contribution in [3.05, 3.63) is 52.8 Å². The molecule has 0 fully saturated rings. The van der Waals surface area contributed by atoms with E-state index in [4.69, 9.17) is 21.1 Å². The van der Waals surface area contributed by atoms with Crippen LogP contribution in [0.15, 0.2) is 36.7 Å². The molecule has 24 heavy (non-hydrogen) atoms. The lowest BCUT2D eigenvalue weighted by molar-refractivity contribution is 0.264. The Balaban J connectivity index is 1.66. The minimum Gasteiger partial charge on any atom is -0.489 e. The standard InChI is InChI=1S/C19H23ClN2O2/c1-14(16-5-3-7-21-13-16)22(2)8-6-15-11-17(20)19-18(12-15)23-9-4-10-24-19/h3,5,7,11-14H,4,6,8-10H2,1-2H3/t14-/m0/s1. The topological polar surface area (TPSA) is 34.6 Å². The second kappa shape index (κ2) is 7.86. The minimum atomic E-state index is 0.314. The highest BCUT2D eigenvalue weighted by Gasteiger charge is 2.17. The number of pyridine rings is 1. The molecule has 0 saturated carbocycles. The molecule has 1 aromatic heterocycles. The summed E-state index contributed by atoms with van der Waals surface area (Å²) in [5, 5.41) is 0.632. The van der Waals surface area contributed by atoms with Gasteiger partial charge in [-0.3, -0.25) is 9.88 Å². The zero-order valence-corrected chi connectivity index (χ0v) is 14.9. The average molecular weight is 347 g/mol. The molecular weight excluding hydrogens is 324 g/mol. The van der Waals surface area contributed by atoms with Gasteiger partial charge in [0.2, 0.25) is 0 Å². The molecule has 2 aromatic rings. The fourth-order valence-corrected chi connectivity index (χ4v) is 3.09. The van der Waals surface area contributed by atoms with Crippen LogP contribution in [0.2, 0.25) is 5.02 Å². The van der Waals surface area contributed by atoms with Crippen LogP contribution in [-0.2, 0) is 6.42 Å². The Morgan fingerprint density at radius 2 is 2.12 bits per heavy atom. The number of benzene rings is 1. The molecule has 128 valence electrons. The second-order valence-electron chi connectivity index (χ2n) is 6.15. The maximum absolute atomic E-state index is 6.37. The molecule has 1 aliphatic heterocycles. The fraction of sp³-hybridized carbons (Fsp3) is 0.421. The van der Waals surface area contributed by atoms with Gasteiger partial charge in [-0.15, -0.1) is 0 Å². The van der Waals surface area contributed by atoms with Crippen LogP contribution in [0.5, 0.6) is 11.5 Å². The molecule has 1 aliphatic rings. The molecule has 0 bridgehead atoms. The lowest BCUT2D eigenvalue weighted by atomic mass is 10.1. The molecule has 0 unspecified atom stereocenters. The quantitative estimate of drug-likeness (QED) is 0.815. The molecule has 0 radical (unpaired) electrons. The SMILES string of the molecule is C[C@@H](c1cccnc1)N(C)CCc1cc(Cl)c2c(c1)OCCCO2. The predicted molar refractivity (Wildman–Crippen MR) is 96.0 cm³/mol. The van der Waals surface area contributed by atoms with Crippen molar-refractivity contribution in [1.82, 2.24) is 9.88 Å². The molecule has 0 saturated heterocycles. The molecule has 0 amide bonds. The van der Waals surface area contributed by atoms with Crippen molar-refractivity contribution in [2.75, 3.05) is 26.8 Å². The molecular formula is C19H23ClN2O2. The highest BCUT2D eigenvalue weighted by atomic mass is 35.5. The van der Waals surface area contributed by atoms with E-state index < -0.39 is 0 Å². The molecule has 0 aliphatic carbocycles. The summed E-state index contributed by atoms with van der Waals surface area (Å²) in [6, 6.07) is 8.43. The Labute approximate surface area is 148 Å². The summed E-state index contributed by atoms with van der Waals surface area (Å²) in [5.41, 5.74) is 2.38. The third-order valence-corrected chi connectivity index (χ3v) is 4.72. The van der Waals surface area contributed by atoms with E-state index in [9.17, 15) is 0 Å². The van der Waals surface area contributed by atoms with Crippen molar-refractivity contribution in [3.8, 4) is 11.5 Å². The number of hydrogen-bond acceptors (Lipinski definition) is 4. The van der Waals surface area contributed by atoms with Gasteiger partial charge in [-0.1, -0.05) is 17.7 Å². The van der Waals surface area contributed by atoms with Crippen LogP contribution in [0.25, 0.3) is 0 Å². The maximum atomic E-state index is 6.37. The van der Waals surface area contributed by atoms with Crippen LogP contribution in [-0.4, -0.2) is 36.7 Å². The second-order valence-corrected chi connectivity index (χ2v) is 6.56. The Bertz CT molecular complexity index is 679. The van der Waals surface area contributed by atoms with E-state index in [-0.39, 0.29) is 0 Å². The van der Waals surface area contributed by atoms with E-state index in [1.807, 2.05) is 18.3 Å². The van der Waals surface area contributed by atoms with E-state index >= 15 is 0 Å². The number of likely N-dealkylation sites (N-methyl/N-ethyl adjacent to an activating group) is 1. The number of hydrogen-bond donors (Lipinski definition) is 0. The zero-order valence-electron chi connectivity index (χ0n) is 14.2. The molecule has 3 rings (SSSR count). The fourth-order valence-electron chi connectivity index (χ4n) is 2.81. The lowest BCUT2D eigenvalue weighted by Crippen LogP contribution is -2.25. The number of aromatic nitrogens is 1. The Kier molecular flexibility index (Phi) is 5.59. The van der Waals surface area contributed by atoms with Gasteiger partial charge >= 0.3 is 0 Å². The van der Waals surface area contributed by atoms with Crippen molar-refractivity contribution in [2.24, 2.45) is 0 Å². The largest absolute Gasteiger partial charge is 0.489 e. The first-order valence-electron chi connectivity index (χ1n) is 8.33. The van der Waals surface area contributed by atoms with Crippen molar-refractivity contribution >= 4 is 11.6 Å². The van der Waals surface area contributed by atoms with Crippen LogP contribution in [0.3, 0.4) is 0 Å². The first-order valence-corrected chi connectivity index (χ1v) is 8.71. The molecule has 5 heteroatoms. The molecule has 1 aromatic carbocycles. The Hall–Kier alpha value is -1.78. The Morgan fingerprint density at radius 3 is 2.92 bits per heavy atom. The highest BCUT2D eigenvalue weighted by molar-refractivity contribution is 6.32. The molecule has 2 heterocycles. The van der Waals surface area contributed by atoms with Crippen molar-refractivity contribution < 1.29 is 9.47 Å². The number of nitrogens with zero attached hydrogens (tertiary/aromatic N) is 2. The Morgan fingerprint density at radius 1 is 1.29 bits per heavy atom. The summed E-state index contributed by atoms with van der Waals surface area (Å²) >= 11 is 6.37. The van der Waals surface area contributed by atoms with Gasteiger partial charge in [0.25, 0.3) is 0 Å². The number of fused-ring (bicyclic) bond motifs is 1. The average Bonchev–Trinajstić information content (AvgIpc) is 2.85. The van der Waals surface area contributed by atoms with Crippen LogP contribution in [0.1, 0.15) is 30.5 Å². The van der Waals surface area contributed by atoms with E-state index in [1.165, 1.54) is 5.56 Å². The first kappa shape index (κ1) is 17.1. The minimum absolute atomic E-state index is 0.314. The summed E-state index contributed by atoms with van der Waals surface area (Å²) in [7, 11) is 2.13. The van der Waals surface area contributed by atoms with Gasteiger partial charge in [-0.05, 0) is 49.7 Å². The van der Waals surface area contributed by atoms with E-state index in [0.717, 1.165) is 30.7 Å². The highest BCUT2D eigenvalue weighted by Crippen LogP contribution is 2.38. The van der Waals surface area contributed by atoms with Crippen LogP contribution >= 0.6 is 11.6 Å². The summed E-state index contributed by atoms with van der Waals surface area (Å²) < 4.78 is 11.4. The van der Waals surface area contributed by atoms with Crippen LogP contribution in [0.4, 0.5) is 0 Å². The summed E-state index contributed by atoms with van der Waals surface area (Å²) in [5.74, 6) is 1.44. The number of ether oxygens (including phenoxy) is 2. The van der Waals surface area contributed by atoms with Crippen molar-refractivity contribution in [1.29, 1.82) is 0 Å². The molecule has 0 N–H and O–H groups in total. The van der Waals surface area contributed by atoms with Crippen LogP contribution < -0.4 is 9.47 Å². The predicted octanol–water partition coefficient (Wildman–Crippen LogP) is 4.13. The van der Waals surface area contributed by atoms with Gasteiger partial charge in [0.05, 0.1) is 18.2 Å². The molecule has 0 spiro atoms. The monoisotopic (exact) mass is 346 g/mol. The lowest BCUT2D eigenvalue weighted by Gasteiger charge is -2.25. The van der Waals surface area contributed by atoms with Gasteiger partial charge < -0.3 is 9.47 Å². The summed E-state index contributed by atoms with van der Waals surface area (Å²) in [4.78, 5) is 6.51. The number of rotatable bonds is 5. The van der Waals surface area contributed by atoms with Gasteiger partial charge in [0, 0.05) is 31.4 Å². The van der Waals surface area contributed by atoms with Gasteiger partial charge in [-0.25, -0.2) is 0 Å². The van der Waals surface area contributed by atoms with E-state index in [0.29, 0.717) is 30.0 Å². The molecule has 4 nitrogen and oxygen atoms in total. The van der Waals surface area contributed by atoms with Crippen LogP contribution in [0, 0.1) is 0 Å². The summed E-state index contributed by atoms with van der Waals surface area (Å²) in [6.45, 7) is 4.44. The smallest absolute Gasteiger partial charge is 0.179 e. The van der Waals surface area contributed by atoms with Crippen molar-refractivity contribution in [3.63, 3.8) is 0 Å². The summed E-state index contributed by atoms with van der Waals surface area (Å²) in [6.07, 6.45) is 5.50. The van der Waals surface area contributed by atoms with Gasteiger partial charge in [0.1, 0.15) is 0 Å². The van der Waals surface area contributed by atoms with Crippen molar-refractivity contribution in [2.45, 2.75) is 25.8 Å². The van der Waals surface area contributed by atoms with E-state index in [2.05, 4.69) is 36.0 Å². The van der Waals surface area contributed by atoms with Gasteiger partial charge in [0.15, 0.2) is 11.5 Å². The third kappa shape index (κ3) is 4.00. The van der Waals surface area contributed by atoms with E-state index in [1.54, 1.807) is 6.20 Å². The normalized spacial score (nSPS) is 15.2. The number of halogens is 1. The maximum Gasteiger partial charge on any atom is 0.179 e. The third-order valence-electron chi connectivity index (χ3n) is 4.44. The van der Waals surface area contributed by atoms with Gasteiger partial charge in [-0.2, -0.15) is 0 Å². The zero-order chi connectivity index (χ0) is 16.9. The first-order chi connectivity index (χ1) is 11.6. The molecule has 1 atom stereocenters.